The number of hydrogen-bond acceptors (Lipinski definition) is 5. The summed E-state index contributed by atoms with van der Waals surface area (Å²) < 4.78 is 17.7. The van der Waals surface area contributed by atoms with Gasteiger partial charge < -0.3 is 19.1 Å². The summed E-state index contributed by atoms with van der Waals surface area (Å²) in [7, 11) is 0. The summed E-state index contributed by atoms with van der Waals surface area (Å²) in [6.07, 6.45) is 5.11. The minimum Gasteiger partial charge on any atom is -0.381 e. The maximum absolute atomic E-state index is 13.0. The molecular formula is C20H34N2O4. The lowest BCUT2D eigenvalue weighted by Gasteiger charge is -2.59. The van der Waals surface area contributed by atoms with E-state index < -0.39 is 0 Å². The van der Waals surface area contributed by atoms with Crippen molar-refractivity contribution in [2.75, 3.05) is 52.5 Å². The third-order valence-corrected chi connectivity index (χ3v) is 6.19. The quantitative estimate of drug-likeness (QED) is 0.761. The summed E-state index contributed by atoms with van der Waals surface area (Å²) in [4.78, 5) is 17.5. The Bertz CT molecular complexity index is 506. The van der Waals surface area contributed by atoms with E-state index in [1.807, 2.05) is 4.90 Å². The van der Waals surface area contributed by atoms with Gasteiger partial charge in [0.15, 0.2) is 0 Å². The highest BCUT2D eigenvalue weighted by molar-refractivity contribution is 5.81. The van der Waals surface area contributed by atoms with E-state index in [0.717, 1.165) is 58.0 Å². The standard InChI is InChI=1S/C20H34N2O4/c1-19(2)12-22(18(23)17-5-3-4-8-25-17)15-20(26-19)13-21(14-20)11-16-6-9-24-10-7-16/h16-17H,3-15H2,1-2H3. The molecule has 4 aliphatic rings. The van der Waals surface area contributed by atoms with Gasteiger partial charge in [-0.2, -0.15) is 0 Å². The van der Waals surface area contributed by atoms with Crippen LogP contribution in [0, 0.1) is 5.92 Å². The number of ether oxygens (including phenoxy) is 3. The molecule has 0 aromatic carbocycles. The first kappa shape index (κ1) is 18.7. The van der Waals surface area contributed by atoms with Gasteiger partial charge in [0, 0.05) is 46.0 Å². The number of rotatable bonds is 3. The van der Waals surface area contributed by atoms with Crippen LogP contribution in [0.1, 0.15) is 46.0 Å². The summed E-state index contributed by atoms with van der Waals surface area (Å²) in [5.74, 6) is 0.911. The molecule has 0 bridgehead atoms. The fraction of sp³-hybridized carbons (Fsp3) is 0.950. The molecule has 4 aliphatic heterocycles. The molecule has 1 spiro atoms. The molecule has 1 atom stereocenters. The van der Waals surface area contributed by atoms with Crippen LogP contribution in [0.15, 0.2) is 0 Å². The Hall–Kier alpha value is -0.690. The molecule has 6 nitrogen and oxygen atoms in total. The van der Waals surface area contributed by atoms with E-state index >= 15 is 0 Å². The minimum absolute atomic E-state index is 0.170. The molecule has 1 amide bonds. The van der Waals surface area contributed by atoms with E-state index in [2.05, 4.69) is 18.7 Å². The van der Waals surface area contributed by atoms with Crippen LogP contribution >= 0.6 is 0 Å². The van der Waals surface area contributed by atoms with E-state index in [0.29, 0.717) is 19.7 Å². The third-order valence-electron chi connectivity index (χ3n) is 6.19. The van der Waals surface area contributed by atoms with E-state index in [-0.39, 0.29) is 23.2 Å². The number of carbonyl (C=O) groups excluding carboxylic acids is 1. The van der Waals surface area contributed by atoms with Gasteiger partial charge in [-0.15, -0.1) is 0 Å². The summed E-state index contributed by atoms with van der Waals surface area (Å²) in [5, 5.41) is 0. The Kier molecular flexibility index (Phi) is 5.30. The maximum Gasteiger partial charge on any atom is 0.251 e. The van der Waals surface area contributed by atoms with Gasteiger partial charge in [0.25, 0.3) is 5.91 Å². The monoisotopic (exact) mass is 366 g/mol. The largest absolute Gasteiger partial charge is 0.381 e. The molecule has 4 heterocycles. The summed E-state index contributed by atoms with van der Waals surface area (Å²) in [5.41, 5.74) is -0.495. The van der Waals surface area contributed by atoms with Gasteiger partial charge in [-0.1, -0.05) is 0 Å². The predicted octanol–water partition coefficient (Wildman–Crippen LogP) is 1.67. The number of morpholine rings is 1. The third kappa shape index (κ3) is 4.08. The fourth-order valence-corrected chi connectivity index (χ4v) is 5.17. The Morgan fingerprint density at radius 2 is 1.77 bits per heavy atom. The van der Waals surface area contributed by atoms with E-state index in [1.165, 1.54) is 12.8 Å². The first-order chi connectivity index (χ1) is 12.4. The van der Waals surface area contributed by atoms with Crippen molar-refractivity contribution in [2.24, 2.45) is 5.92 Å². The lowest BCUT2D eigenvalue weighted by molar-refractivity contribution is -0.249. The van der Waals surface area contributed by atoms with Crippen LogP contribution < -0.4 is 0 Å². The first-order valence-corrected chi connectivity index (χ1v) is 10.4. The molecule has 26 heavy (non-hydrogen) atoms. The van der Waals surface area contributed by atoms with Crippen LogP contribution in [-0.4, -0.2) is 85.6 Å². The number of amides is 1. The highest BCUT2D eigenvalue weighted by Gasteiger charge is 2.53. The van der Waals surface area contributed by atoms with Gasteiger partial charge in [-0.3, -0.25) is 9.69 Å². The SMILES string of the molecule is CC1(C)CN(C(=O)C2CCCCO2)CC2(CN(CC3CCOCC3)C2)O1. The van der Waals surface area contributed by atoms with Gasteiger partial charge >= 0.3 is 0 Å². The van der Waals surface area contributed by atoms with Crippen LogP contribution in [0.4, 0.5) is 0 Å². The van der Waals surface area contributed by atoms with Gasteiger partial charge in [-0.05, 0) is 51.9 Å². The van der Waals surface area contributed by atoms with Crippen molar-refractivity contribution >= 4 is 5.91 Å². The molecule has 0 aromatic heterocycles. The first-order valence-electron chi connectivity index (χ1n) is 10.4. The molecule has 4 fully saturated rings. The second kappa shape index (κ2) is 7.38. The van der Waals surface area contributed by atoms with E-state index in [1.54, 1.807) is 0 Å². The smallest absolute Gasteiger partial charge is 0.251 e. The molecule has 4 saturated heterocycles. The zero-order valence-electron chi connectivity index (χ0n) is 16.4. The summed E-state index contributed by atoms with van der Waals surface area (Å²) in [6, 6.07) is 0. The van der Waals surface area contributed by atoms with Gasteiger partial charge in [-0.25, -0.2) is 0 Å². The molecule has 0 saturated carbocycles. The lowest BCUT2D eigenvalue weighted by atomic mass is 9.86. The second-order valence-corrected chi connectivity index (χ2v) is 9.32. The zero-order valence-corrected chi connectivity index (χ0v) is 16.4. The zero-order chi connectivity index (χ0) is 18.2. The minimum atomic E-state index is -0.298. The van der Waals surface area contributed by atoms with Crippen molar-refractivity contribution in [3.63, 3.8) is 0 Å². The number of hydrogen-bond donors (Lipinski definition) is 0. The Balaban J connectivity index is 1.35. The fourth-order valence-electron chi connectivity index (χ4n) is 5.17. The average Bonchev–Trinajstić information content (AvgIpc) is 2.60. The lowest BCUT2D eigenvalue weighted by Crippen LogP contribution is -2.74. The Morgan fingerprint density at radius 3 is 2.46 bits per heavy atom. The van der Waals surface area contributed by atoms with Crippen molar-refractivity contribution in [2.45, 2.75) is 63.3 Å². The van der Waals surface area contributed by atoms with Crippen LogP contribution in [0.25, 0.3) is 0 Å². The normalized spacial score (nSPS) is 32.4. The molecule has 0 aromatic rings. The van der Waals surface area contributed by atoms with E-state index in [4.69, 9.17) is 14.2 Å². The molecule has 0 aliphatic carbocycles. The number of likely N-dealkylation sites (tertiary alicyclic amines) is 1. The van der Waals surface area contributed by atoms with Crippen molar-refractivity contribution < 1.29 is 19.0 Å². The highest BCUT2D eigenvalue weighted by Crippen LogP contribution is 2.37. The molecule has 1 unspecified atom stereocenters. The molecule has 0 radical (unpaired) electrons. The van der Waals surface area contributed by atoms with Crippen LogP contribution in [-0.2, 0) is 19.0 Å². The van der Waals surface area contributed by atoms with Crippen molar-refractivity contribution in [1.29, 1.82) is 0 Å². The molecule has 6 heteroatoms. The second-order valence-electron chi connectivity index (χ2n) is 9.32. The Morgan fingerprint density at radius 1 is 1.00 bits per heavy atom. The van der Waals surface area contributed by atoms with Crippen molar-refractivity contribution in [3.05, 3.63) is 0 Å². The van der Waals surface area contributed by atoms with Gasteiger partial charge in [0.2, 0.25) is 0 Å². The Labute approximate surface area is 157 Å². The molecule has 0 N–H and O–H groups in total. The average molecular weight is 367 g/mol. The van der Waals surface area contributed by atoms with Gasteiger partial charge in [0.1, 0.15) is 11.7 Å². The summed E-state index contributed by atoms with van der Waals surface area (Å²) >= 11 is 0. The van der Waals surface area contributed by atoms with Crippen LogP contribution in [0.3, 0.4) is 0 Å². The van der Waals surface area contributed by atoms with Crippen molar-refractivity contribution in [3.8, 4) is 0 Å². The molecule has 4 rings (SSSR count). The highest BCUT2D eigenvalue weighted by atomic mass is 16.5. The number of carbonyl (C=O) groups is 1. The van der Waals surface area contributed by atoms with Crippen molar-refractivity contribution in [1.82, 2.24) is 9.80 Å². The topological polar surface area (TPSA) is 51.2 Å². The number of nitrogens with zero attached hydrogens (tertiary/aromatic N) is 2. The van der Waals surface area contributed by atoms with Crippen LogP contribution in [0.2, 0.25) is 0 Å². The van der Waals surface area contributed by atoms with Crippen LogP contribution in [0.5, 0.6) is 0 Å². The van der Waals surface area contributed by atoms with E-state index in [9.17, 15) is 4.79 Å². The predicted molar refractivity (Wildman–Crippen MR) is 98.0 cm³/mol. The summed E-state index contributed by atoms with van der Waals surface area (Å²) in [6.45, 7) is 11.1. The molecule has 148 valence electrons. The maximum atomic E-state index is 13.0. The van der Waals surface area contributed by atoms with Gasteiger partial charge in [0.05, 0.1) is 12.1 Å². The molecular weight excluding hydrogens is 332 g/mol.